The zero-order chi connectivity index (χ0) is 13.4. The van der Waals surface area contributed by atoms with Crippen molar-refractivity contribution in [2.45, 2.75) is 38.2 Å². The van der Waals surface area contributed by atoms with E-state index in [1.165, 1.54) is 0 Å². The Morgan fingerprint density at radius 2 is 2.22 bits per heavy atom. The molecule has 1 fully saturated rings. The van der Waals surface area contributed by atoms with Crippen LogP contribution in [-0.2, 0) is 14.3 Å². The van der Waals surface area contributed by atoms with Crippen molar-refractivity contribution in [2.75, 3.05) is 19.7 Å². The standard InChI is InChI=1S/C13H19NO4/c1-2-3-4-5-6-12(15)14-7-8-18-11(10-14)9-13(16)17/h1,11H,3-10H2,(H,16,17). The maximum absolute atomic E-state index is 11.9. The van der Waals surface area contributed by atoms with E-state index in [0.717, 1.165) is 12.8 Å². The number of morpholine rings is 1. The molecule has 5 nitrogen and oxygen atoms in total. The number of unbranched alkanes of at least 4 members (excludes halogenated alkanes) is 2. The lowest BCUT2D eigenvalue weighted by atomic mass is 10.1. The van der Waals surface area contributed by atoms with Gasteiger partial charge in [-0.1, -0.05) is 0 Å². The van der Waals surface area contributed by atoms with Crippen LogP contribution in [0.3, 0.4) is 0 Å². The van der Waals surface area contributed by atoms with Gasteiger partial charge in [-0.3, -0.25) is 9.59 Å². The maximum atomic E-state index is 11.9. The van der Waals surface area contributed by atoms with Crippen molar-refractivity contribution in [2.24, 2.45) is 0 Å². The molecule has 1 aliphatic rings. The second-order valence-corrected chi connectivity index (χ2v) is 4.34. The van der Waals surface area contributed by atoms with Gasteiger partial charge in [0.1, 0.15) is 0 Å². The van der Waals surface area contributed by atoms with E-state index in [1.54, 1.807) is 4.90 Å². The number of hydrogen-bond acceptors (Lipinski definition) is 3. The zero-order valence-corrected chi connectivity index (χ0v) is 10.4. The summed E-state index contributed by atoms with van der Waals surface area (Å²) in [7, 11) is 0. The van der Waals surface area contributed by atoms with Gasteiger partial charge in [-0.2, -0.15) is 0 Å². The molecule has 0 aromatic carbocycles. The number of nitrogens with zero attached hydrogens (tertiary/aromatic N) is 1. The molecule has 0 aliphatic carbocycles. The van der Waals surface area contributed by atoms with Gasteiger partial charge < -0.3 is 14.7 Å². The van der Waals surface area contributed by atoms with Crippen LogP contribution in [0.25, 0.3) is 0 Å². The number of carboxylic acid groups (broad SMARTS) is 1. The Labute approximate surface area is 107 Å². The van der Waals surface area contributed by atoms with Crippen LogP contribution < -0.4 is 0 Å². The van der Waals surface area contributed by atoms with Gasteiger partial charge in [-0.15, -0.1) is 12.3 Å². The molecule has 0 aromatic heterocycles. The molecule has 18 heavy (non-hydrogen) atoms. The summed E-state index contributed by atoms with van der Waals surface area (Å²) in [5.74, 6) is 1.70. The highest BCUT2D eigenvalue weighted by Crippen LogP contribution is 2.11. The number of carbonyl (C=O) groups is 2. The summed E-state index contributed by atoms with van der Waals surface area (Å²) >= 11 is 0. The fourth-order valence-corrected chi connectivity index (χ4v) is 1.93. The Morgan fingerprint density at radius 3 is 2.89 bits per heavy atom. The minimum Gasteiger partial charge on any atom is -0.481 e. The SMILES string of the molecule is C#CCCCCC(=O)N1CCOC(CC(=O)O)C1. The van der Waals surface area contributed by atoms with Crippen LogP contribution in [0.15, 0.2) is 0 Å². The van der Waals surface area contributed by atoms with E-state index in [1.807, 2.05) is 0 Å². The number of amides is 1. The second-order valence-electron chi connectivity index (χ2n) is 4.34. The summed E-state index contributed by atoms with van der Waals surface area (Å²) < 4.78 is 5.31. The Bertz CT molecular complexity index is 334. The zero-order valence-electron chi connectivity index (χ0n) is 10.4. The van der Waals surface area contributed by atoms with Crippen LogP contribution in [0.1, 0.15) is 32.1 Å². The lowest BCUT2D eigenvalue weighted by Crippen LogP contribution is -2.46. The summed E-state index contributed by atoms with van der Waals surface area (Å²) in [6.07, 6.45) is 7.50. The third-order valence-electron chi connectivity index (χ3n) is 2.86. The topological polar surface area (TPSA) is 66.8 Å². The molecule has 1 amide bonds. The summed E-state index contributed by atoms with van der Waals surface area (Å²) in [6, 6.07) is 0. The molecular formula is C13H19NO4. The molecule has 1 aliphatic heterocycles. The highest BCUT2D eigenvalue weighted by molar-refractivity contribution is 5.76. The van der Waals surface area contributed by atoms with E-state index in [0.29, 0.717) is 32.5 Å². The number of rotatable bonds is 6. The predicted molar refractivity (Wildman–Crippen MR) is 65.9 cm³/mol. The first-order chi connectivity index (χ1) is 8.63. The Morgan fingerprint density at radius 1 is 1.44 bits per heavy atom. The molecule has 1 N–H and O–H groups in total. The molecular weight excluding hydrogens is 234 g/mol. The second kappa shape index (κ2) is 7.72. The van der Waals surface area contributed by atoms with Crippen molar-refractivity contribution in [3.05, 3.63) is 0 Å². The number of terminal acetylenes is 1. The fourth-order valence-electron chi connectivity index (χ4n) is 1.93. The molecule has 0 spiro atoms. The number of aliphatic carboxylic acids is 1. The highest BCUT2D eigenvalue weighted by atomic mass is 16.5. The van der Waals surface area contributed by atoms with Crippen LogP contribution >= 0.6 is 0 Å². The molecule has 1 atom stereocenters. The number of hydrogen-bond donors (Lipinski definition) is 1. The molecule has 1 heterocycles. The number of carboxylic acids is 1. The van der Waals surface area contributed by atoms with Gasteiger partial charge in [0.2, 0.25) is 5.91 Å². The van der Waals surface area contributed by atoms with Gasteiger partial charge in [0.15, 0.2) is 0 Å². The minimum atomic E-state index is -0.900. The smallest absolute Gasteiger partial charge is 0.306 e. The van der Waals surface area contributed by atoms with Gasteiger partial charge in [-0.25, -0.2) is 0 Å². The van der Waals surface area contributed by atoms with Gasteiger partial charge >= 0.3 is 5.97 Å². The molecule has 0 saturated carbocycles. The van der Waals surface area contributed by atoms with Gasteiger partial charge in [0.05, 0.1) is 19.1 Å². The summed E-state index contributed by atoms with van der Waals surface area (Å²) in [4.78, 5) is 24.1. The lowest BCUT2D eigenvalue weighted by Gasteiger charge is -2.32. The van der Waals surface area contributed by atoms with E-state index in [2.05, 4.69) is 5.92 Å². The first-order valence-electron chi connectivity index (χ1n) is 6.18. The Kier molecular flexibility index (Phi) is 6.23. The Hall–Kier alpha value is -1.54. The van der Waals surface area contributed by atoms with Crippen molar-refractivity contribution in [3.63, 3.8) is 0 Å². The first kappa shape index (κ1) is 14.5. The average Bonchev–Trinajstić information content (AvgIpc) is 2.34. The van der Waals surface area contributed by atoms with Gasteiger partial charge in [-0.05, 0) is 12.8 Å². The third-order valence-corrected chi connectivity index (χ3v) is 2.86. The van der Waals surface area contributed by atoms with Crippen molar-refractivity contribution >= 4 is 11.9 Å². The highest BCUT2D eigenvalue weighted by Gasteiger charge is 2.25. The normalized spacial score (nSPS) is 19.3. The number of carbonyl (C=O) groups excluding carboxylic acids is 1. The predicted octanol–water partition coefficient (Wildman–Crippen LogP) is 0.882. The molecule has 1 rings (SSSR count). The summed E-state index contributed by atoms with van der Waals surface area (Å²) in [6.45, 7) is 1.33. The maximum Gasteiger partial charge on any atom is 0.306 e. The van der Waals surface area contributed by atoms with Crippen LogP contribution in [0.4, 0.5) is 0 Å². The van der Waals surface area contributed by atoms with Gasteiger partial charge in [0, 0.05) is 25.9 Å². The van der Waals surface area contributed by atoms with Crippen LogP contribution in [0, 0.1) is 12.3 Å². The molecule has 0 aromatic rings. The molecule has 5 heteroatoms. The van der Waals surface area contributed by atoms with Crippen LogP contribution in [0.2, 0.25) is 0 Å². The fraction of sp³-hybridized carbons (Fsp3) is 0.692. The third kappa shape index (κ3) is 5.19. The van der Waals surface area contributed by atoms with Crippen molar-refractivity contribution < 1.29 is 19.4 Å². The number of ether oxygens (including phenoxy) is 1. The Balaban J connectivity index is 2.29. The first-order valence-corrected chi connectivity index (χ1v) is 6.18. The van der Waals surface area contributed by atoms with E-state index in [4.69, 9.17) is 16.3 Å². The van der Waals surface area contributed by atoms with Crippen LogP contribution in [-0.4, -0.2) is 47.7 Å². The van der Waals surface area contributed by atoms with Gasteiger partial charge in [0.25, 0.3) is 0 Å². The monoisotopic (exact) mass is 253 g/mol. The largest absolute Gasteiger partial charge is 0.481 e. The minimum absolute atomic E-state index is 0.0547. The molecule has 0 radical (unpaired) electrons. The molecule has 100 valence electrons. The molecule has 1 saturated heterocycles. The summed E-state index contributed by atoms with van der Waals surface area (Å²) in [5.41, 5.74) is 0. The van der Waals surface area contributed by atoms with Crippen molar-refractivity contribution in [1.29, 1.82) is 0 Å². The van der Waals surface area contributed by atoms with E-state index >= 15 is 0 Å². The summed E-state index contributed by atoms with van der Waals surface area (Å²) in [5, 5.41) is 8.69. The quantitative estimate of drug-likeness (QED) is 0.563. The average molecular weight is 253 g/mol. The van der Waals surface area contributed by atoms with Crippen LogP contribution in [0.5, 0.6) is 0 Å². The molecule has 0 bridgehead atoms. The van der Waals surface area contributed by atoms with E-state index in [-0.39, 0.29) is 18.4 Å². The van der Waals surface area contributed by atoms with Crippen molar-refractivity contribution in [1.82, 2.24) is 4.90 Å². The van der Waals surface area contributed by atoms with E-state index in [9.17, 15) is 9.59 Å². The lowest BCUT2D eigenvalue weighted by molar-refractivity contribution is -0.147. The van der Waals surface area contributed by atoms with E-state index < -0.39 is 5.97 Å². The van der Waals surface area contributed by atoms with Crippen molar-refractivity contribution in [3.8, 4) is 12.3 Å². The molecule has 1 unspecified atom stereocenters.